The van der Waals surface area contributed by atoms with Crippen LogP contribution in [0, 0.1) is 5.92 Å². The molecule has 1 aliphatic rings. The molecule has 1 aliphatic heterocycles. The maximum Gasteiger partial charge on any atom is 0.407 e. The van der Waals surface area contributed by atoms with Gasteiger partial charge in [0.2, 0.25) is 0 Å². The molecule has 1 aromatic carbocycles. The van der Waals surface area contributed by atoms with Gasteiger partial charge in [0.1, 0.15) is 12.7 Å². The first-order valence-electron chi connectivity index (χ1n) is 7.71. The topological polar surface area (TPSA) is 64.6 Å². The molecule has 2 atom stereocenters. The van der Waals surface area contributed by atoms with E-state index in [4.69, 9.17) is 9.47 Å². The minimum atomic E-state index is -0.475. The zero-order chi connectivity index (χ0) is 15.9. The summed E-state index contributed by atoms with van der Waals surface area (Å²) in [5.74, 6) is 0.192. The number of hydrogen-bond acceptors (Lipinski definition) is 4. The Kier molecular flexibility index (Phi) is 5.81. The fourth-order valence-electron chi connectivity index (χ4n) is 2.56. The van der Waals surface area contributed by atoms with E-state index in [0.717, 1.165) is 12.0 Å². The van der Waals surface area contributed by atoms with E-state index in [1.807, 2.05) is 30.3 Å². The van der Waals surface area contributed by atoms with E-state index in [0.29, 0.717) is 18.8 Å². The van der Waals surface area contributed by atoms with Crippen molar-refractivity contribution in [2.45, 2.75) is 51.9 Å². The first-order chi connectivity index (χ1) is 10.5. The van der Waals surface area contributed by atoms with Crippen molar-refractivity contribution in [1.29, 1.82) is 0 Å². The smallest absolute Gasteiger partial charge is 0.407 e. The summed E-state index contributed by atoms with van der Waals surface area (Å²) in [7, 11) is 0. The molecule has 2 rings (SSSR count). The van der Waals surface area contributed by atoms with Crippen LogP contribution in [0.5, 0.6) is 0 Å². The van der Waals surface area contributed by atoms with Crippen LogP contribution in [0.4, 0.5) is 4.79 Å². The predicted molar refractivity (Wildman–Crippen MR) is 82.1 cm³/mol. The van der Waals surface area contributed by atoms with Crippen molar-refractivity contribution < 1.29 is 19.1 Å². The normalized spacial score (nSPS) is 18.9. The first kappa shape index (κ1) is 16.3. The molecule has 1 fully saturated rings. The number of carbonyl (C=O) groups excluding carboxylic acids is 2. The summed E-state index contributed by atoms with van der Waals surface area (Å²) < 4.78 is 10.5. The predicted octanol–water partition coefficient (Wildman–Crippen LogP) is 3.03. The summed E-state index contributed by atoms with van der Waals surface area (Å²) in [5.41, 5.74) is 0.936. The van der Waals surface area contributed by atoms with Crippen LogP contribution in [0.1, 0.15) is 38.7 Å². The van der Waals surface area contributed by atoms with Gasteiger partial charge in [0.25, 0.3) is 0 Å². The molecule has 0 unspecified atom stereocenters. The van der Waals surface area contributed by atoms with Gasteiger partial charge in [-0.15, -0.1) is 0 Å². The Morgan fingerprint density at radius 2 is 2.09 bits per heavy atom. The van der Waals surface area contributed by atoms with Gasteiger partial charge in [0.15, 0.2) is 0 Å². The summed E-state index contributed by atoms with van der Waals surface area (Å²) in [5, 5.41) is 2.84. The molecule has 120 valence electrons. The molecular weight excluding hydrogens is 282 g/mol. The fraction of sp³-hybridized carbons (Fsp3) is 0.529. The summed E-state index contributed by atoms with van der Waals surface area (Å²) in [6.45, 7) is 4.37. The van der Waals surface area contributed by atoms with E-state index in [9.17, 15) is 9.59 Å². The van der Waals surface area contributed by atoms with Gasteiger partial charge in [-0.3, -0.25) is 4.79 Å². The third kappa shape index (κ3) is 5.06. The Balaban J connectivity index is 1.86. The highest BCUT2D eigenvalue weighted by Crippen LogP contribution is 2.21. The largest absolute Gasteiger partial charge is 0.460 e. The Morgan fingerprint density at radius 1 is 1.36 bits per heavy atom. The molecule has 1 amide bonds. The third-order valence-corrected chi connectivity index (χ3v) is 3.61. The molecule has 1 heterocycles. The molecule has 22 heavy (non-hydrogen) atoms. The second-order valence-electron chi connectivity index (χ2n) is 6.01. The molecule has 1 aromatic rings. The van der Waals surface area contributed by atoms with Crippen molar-refractivity contribution in [2.75, 3.05) is 0 Å². The molecule has 1 saturated heterocycles. The minimum Gasteiger partial charge on any atom is -0.460 e. The molecule has 5 heteroatoms. The van der Waals surface area contributed by atoms with Gasteiger partial charge < -0.3 is 14.8 Å². The number of ether oxygens (including phenoxy) is 2. The average Bonchev–Trinajstić information content (AvgIpc) is 2.92. The van der Waals surface area contributed by atoms with Crippen LogP contribution >= 0.6 is 0 Å². The third-order valence-electron chi connectivity index (χ3n) is 3.61. The summed E-state index contributed by atoms with van der Waals surface area (Å²) in [4.78, 5) is 23.2. The Bertz CT molecular complexity index is 501. The number of nitrogens with one attached hydrogen (secondary N) is 1. The molecule has 0 saturated carbocycles. The summed E-state index contributed by atoms with van der Waals surface area (Å²) in [6, 6.07) is 9.31. The van der Waals surface area contributed by atoms with Gasteiger partial charge in [-0.1, -0.05) is 44.2 Å². The molecule has 0 radical (unpaired) electrons. The van der Waals surface area contributed by atoms with Crippen molar-refractivity contribution >= 4 is 12.1 Å². The number of esters is 1. The van der Waals surface area contributed by atoms with E-state index in [1.165, 1.54) is 0 Å². The molecule has 1 N–H and O–H groups in total. The van der Waals surface area contributed by atoms with Crippen molar-refractivity contribution in [3.8, 4) is 0 Å². The van der Waals surface area contributed by atoms with Crippen LogP contribution in [-0.2, 0) is 20.9 Å². The molecule has 0 aromatic heterocycles. The lowest BCUT2D eigenvalue weighted by Gasteiger charge is -2.25. The SMILES string of the molecule is CC(C)C[C@H](NC(=O)OCc1ccccc1)[C@H]1CCC(=O)O1. The highest BCUT2D eigenvalue weighted by Gasteiger charge is 2.32. The Hall–Kier alpha value is -2.04. The summed E-state index contributed by atoms with van der Waals surface area (Å²) in [6.07, 6.45) is 1.09. The lowest BCUT2D eigenvalue weighted by atomic mass is 9.98. The van der Waals surface area contributed by atoms with E-state index in [2.05, 4.69) is 19.2 Å². The minimum absolute atomic E-state index is 0.196. The zero-order valence-electron chi connectivity index (χ0n) is 13.1. The maximum atomic E-state index is 12.0. The van der Waals surface area contributed by atoms with Crippen LogP contribution in [0.2, 0.25) is 0 Å². The van der Waals surface area contributed by atoms with E-state index in [1.54, 1.807) is 0 Å². The van der Waals surface area contributed by atoms with Crippen molar-refractivity contribution in [1.82, 2.24) is 5.32 Å². The fourth-order valence-corrected chi connectivity index (χ4v) is 2.56. The second-order valence-corrected chi connectivity index (χ2v) is 6.01. The Morgan fingerprint density at radius 3 is 2.68 bits per heavy atom. The average molecular weight is 305 g/mol. The van der Waals surface area contributed by atoms with Crippen LogP contribution < -0.4 is 5.32 Å². The van der Waals surface area contributed by atoms with Gasteiger partial charge >= 0.3 is 12.1 Å². The van der Waals surface area contributed by atoms with E-state index >= 15 is 0 Å². The second kappa shape index (κ2) is 7.82. The van der Waals surface area contributed by atoms with Crippen LogP contribution in [0.25, 0.3) is 0 Å². The number of cyclic esters (lactones) is 1. The highest BCUT2D eigenvalue weighted by atomic mass is 16.6. The highest BCUT2D eigenvalue weighted by molar-refractivity contribution is 5.72. The van der Waals surface area contributed by atoms with Crippen LogP contribution in [0.3, 0.4) is 0 Å². The van der Waals surface area contributed by atoms with E-state index in [-0.39, 0.29) is 24.7 Å². The van der Waals surface area contributed by atoms with Crippen molar-refractivity contribution in [3.63, 3.8) is 0 Å². The number of alkyl carbamates (subject to hydrolysis) is 1. The van der Waals surface area contributed by atoms with Gasteiger partial charge in [0.05, 0.1) is 6.04 Å². The number of carbonyl (C=O) groups is 2. The van der Waals surface area contributed by atoms with Crippen LogP contribution in [-0.4, -0.2) is 24.2 Å². The maximum absolute atomic E-state index is 12.0. The molecule has 5 nitrogen and oxygen atoms in total. The standard InChI is InChI=1S/C17H23NO4/c1-12(2)10-14(15-8-9-16(19)22-15)18-17(20)21-11-13-6-4-3-5-7-13/h3-7,12,14-15H,8-11H2,1-2H3,(H,18,20)/t14-,15+/m0/s1. The quantitative estimate of drug-likeness (QED) is 0.820. The van der Waals surface area contributed by atoms with Gasteiger partial charge in [-0.2, -0.15) is 0 Å². The van der Waals surface area contributed by atoms with Gasteiger partial charge in [0, 0.05) is 6.42 Å². The van der Waals surface area contributed by atoms with Crippen molar-refractivity contribution in [3.05, 3.63) is 35.9 Å². The monoisotopic (exact) mass is 305 g/mol. The molecule has 0 bridgehead atoms. The lowest BCUT2D eigenvalue weighted by Crippen LogP contribution is -2.44. The molecular formula is C17H23NO4. The Labute approximate surface area is 131 Å². The zero-order valence-corrected chi connectivity index (χ0v) is 13.1. The molecule has 0 spiro atoms. The van der Waals surface area contributed by atoms with Crippen molar-refractivity contribution in [2.24, 2.45) is 5.92 Å². The number of hydrogen-bond donors (Lipinski definition) is 1. The first-order valence-corrected chi connectivity index (χ1v) is 7.71. The molecule has 0 aliphatic carbocycles. The van der Waals surface area contributed by atoms with Gasteiger partial charge in [-0.05, 0) is 24.3 Å². The number of rotatable bonds is 6. The van der Waals surface area contributed by atoms with Gasteiger partial charge in [-0.25, -0.2) is 4.79 Å². The van der Waals surface area contributed by atoms with E-state index < -0.39 is 6.09 Å². The number of amides is 1. The lowest BCUT2D eigenvalue weighted by molar-refractivity contribution is -0.142. The summed E-state index contributed by atoms with van der Waals surface area (Å²) >= 11 is 0. The number of benzene rings is 1. The van der Waals surface area contributed by atoms with Crippen LogP contribution in [0.15, 0.2) is 30.3 Å².